The summed E-state index contributed by atoms with van der Waals surface area (Å²) in [6.07, 6.45) is 9.06. The van der Waals surface area contributed by atoms with Crippen molar-refractivity contribution in [2.75, 3.05) is 13.1 Å². The van der Waals surface area contributed by atoms with Crippen LogP contribution in [-0.4, -0.2) is 36.6 Å². The summed E-state index contributed by atoms with van der Waals surface area (Å²) >= 11 is 3.43. The van der Waals surface area contributed by atoms with Gasteiger partial charge in [-0.1, -0.05) is 18.1 Å². The summed E-state index contributed by atoms with van der Waals surface area (Å²) in [4.78, 5) is 16.0. The molecule has 0 aromatic rings. The third-order valence-corrected chi connectivity index (χ3v) is 4.30. The minimum Gasteiger partial charge on any atom is -0.392 e. The summed E-state index contributed by atoms with van der Waals surface area (Å²) in [6.45, 7) is 5.53. The van der Waals surface area contributed by atoms with Crippen molar-refractivity contribution in [1.82, 2.24) is 9.80 Å². The van der Waals surface area contributed by atoms with Gasteiger partial charge in [0.15, 0.2) is 0 Å². The van der Waals surface area contributed by atoms with Crippen molar-refractivity contribution in [1.29, 1.82) is 0 Å². The third-order valence-electron chi connectivity index (χ3n) is 3.49. The van der Waals surface area contributed by atoms with E-state index in [1.807, 2.05) is 31.1 Å². The fourth-order valence-electron chi connectivity index (χ4n) is 2.31. The van der Waals surface area contributed by atoms with E-state index in [0.717, 1.165) is 37.1 Å². The molecule has 1 amide bonds. The van der Waals surface area contributed by atoms with Crippen LogP contribution in [0.1, 0.15) is 19.3 Å². The molecular weight excluding hydrogens is 317 g/mol. The van der Waals surface area contributed by atoms with Crippen LogP contribution in [0.15, 0.2) is 46.4 Å². The van der Waals surface area contributed by atoms with Crippen molar-refractivity contribution in [2.45, 2.75) is 19.3 Å². The summed E-state index contributed by atoms with van der Waals surface area (Å²) in [5, 5.41) is 0. The van der Waals surface area contributed by atoms with Crippen molar-refractivity contribution in [3.05, 3.63) is 46.4 Å². The van der Waals surface area contributed by atoms with Crippen molar-refractivity contribution in [3.8, 4) is 0 Å². The van der Waals surface area contributed by atoms with Crippen LogP contribution >= 0.6 is 15.9 Å². The molecule has 2 aliphatic heterocycles. The molecule has 0 bridgehead atoms. The second-order valence-electron chi connectivity index (χ2n) is 5.13. The number of carbonyl (C=O) groups excluding carboxylic acids is 1. The van der Waals surface area contributed by atoms with Gasteiger partial charge >= 0.3 is 0 Å². The summed E-state index contributed by atoms with van der Waals surface area (Å²) in [7, 11) is 1.98. The molecule has 0 saturated carbocycles. The summed E-state index contributed by atoms with van der Waals surface area (Å²) < 4.78 is 0.557. The van der Waals surface area contributed by atoms with Crippen LogP contribution in [0.3, 0.4) is 0 Å². The van der Waals surface area contributed by atoms with Crippen LogP contribution in [0.2, 0.25) is 0 Å². The highest BCUT2D eigenvalue weighted by Gasteiger charge is 2.23. The molecule has 0 atom stereocenters. The van der Waals surface area contributed by atoms with Crippen LogP contribution in [0, 0.1) is 0 Å². The monoisotopic (exact) mass is 335 g/mol. The topological polar surface area (TPSA) is 49.6 Å². The lowest BCUT2D eigenvalue weighted by Gasteiger charge is -2.29. The SMILES string of the molecule is BC1=CN(/C(Br)=C(\N)C(=O)N2CCCCC2)C(=C)C=C1. The maximum atomic E-state index is 12.4. The first-order valence-corrected chi connectivity index (χ1v) is 7.59. The Balaban J connectivity index is 2.19. The molecule has 2 N–H and O–H groups in total. The fraction of sp³-hybridized carbons (Fsp3) is 0.357. The lowest BCUT2D eigenvalue weighted by atomic mass is 9.94. The number of nitrogens with two attached hydrogens (primary N) is 1. The first kappa shape index (κ1) is 15.0. The number of hydrogen-bond donors (Lipinski definition) is 1. The standard InChI is InChI=1S/C14H19BBrN3O/c1-10-5-6-11(15)9-19(10)13(16)12(17)14(20)18-7-3-2-4-8-18/h5-6,9H,1-4,7-8,15,17H2/b13-12-. The van der Waals surface area contributed by atoms with Gasteiger partial charge < -0.3 is 15.5 Å². The zero-order valence-electron chi connectivity index (χ0n) is 11.7. The molecule has 2 rings (SSSR count). The minimum atomic E-state index is -0.106. The Bertz CT molecular complexity index is 519. The van der Waals surface area contributed by atoms with Crippen LogP contribution < -0.4 is 5.73 Å². The summed E-state index contributed by atoms with van der Waals surface area (Å²) in [6, 6.07) is 0. The lowest BCUT2D eigenvalue weighted by molar-refractivity contribution is -0.128. The van der Waals surface area contributed by atoms with Gasteiger partial charge in [-0.25, -0.2) is 0 Å². The molecule has 0 aliphatic carbocycles. The van der Waals surface area contributed by atoms with Crippen molar-refractivity contribution in [3.63, 3.8) is 0 Å². The van der Waals surface area contributed by atoms with Gasteiger partial charge in [-0.15, -0.1) is 0 Å². The first-order chi connectivity index (χ1) is 9.50. The average Bonchev–Trinajstić information content (AvgIpc) is 2.48. The minimum absolute atomic E-state index is 0.106. The van der Waals surface area contributed by atoms with Crippen molar-refractivity contribution >= 4 is 29.7 Å². The van der Waals surface area contributed by atoms with Gasteiger partial charge in [0, 0.05) is 25.0 Å². The number of halogens is 1. The lowest BCUT2D eigenvalue weighted by Crippen LogP contribution is -2.39. The molecule has 1 fully saturated rings. The Morgan fingerprint density at radius 3 is 2.60 bits per heavy atom. The van der Waals surface area contributed by atoms with Crippen LogP contribution in [-0.2, 0) is 4.79 Å². The summed E-state index contributed by atoms with van der Waals surface area (Å²) in [5.74, 6) is -0.106. The molecule has 0 aromatic carbocycles. The molecular formula is C14H19BBrN3O. The molecule has 0 aromatic heterocycles. The normalized spacial score (nSPS) is 20.6. The van der Waals surface area contributed by atoms with E-state index < -0.39 is 0 Å². The predicted molar refractivity (Wildman–Crippen MR) is 87.3 cm³/mol. The van der Waals surface area contributed by atoms with Gasteiger partial charge in [0.25, 0.3) is 5.91 Å². The molecule has 4 nitrogen and oxygen atoms in total. The van der Waals surface area contributed by atoms with Crippen molar-refractivity contribution in [2.24, 2.45) is 5.73 Å². The fourth-order valence-corrected chi connectivity index (χ4v) is 2.81. The zero-order chi connectivity index (χ0) is 14.7. The molecule has 20 heavy (non-hydrogen) atoms. The second kappa shape index (κ2) is 6.35. The van der Waals surface area contributed by atoms with Crippen molar-refractivity contribution < 1.29 is 4.79 Å². The first-order valence-electron chi connectivity index (χ1n) is 6.80. The average molecular weight is 336 g/mol. The van der Waals surface area contributed by atoms with Gasteiger partial charge in [-0.3, -0.25) is 4.79 Å². The Kier molecular flexibility index (Phi) is 4.75. The highest BCUT2D eigenvalue weighted by molar-refractivity contribution is 9.11. The van der Waals surface area contributed by atoms with Gasteiger partial charge in [0.1, 0.15) is 18.1 Å². The van der Waals surface area contributed by atoms with E-state index in [1.165, 1.54) is 6.42 Å². The maximum Gasteiger partial charge on any atom is 0.272 e. The number of rotatable bonds is 2. The number of likely N-dealkylation sites (tertiary alicyclic amines) is 1. The smallest absolute Gasteiger partial charge is 0.272 e. The number of piperidine rings is 1. The molecule has 0 unspecified atom stereocenters. The van der Waals surface area contributed by atoms with Gasteiger partial charge in [-0.05, 0) is 41.3 Å². The van der Waals surface area contributed by atoms with E-state index in [0.29, 0.717) is 4.61 Å². The molecule has 2 aliphatic rings. The quantitative estimate of drug-likeness (QED) is 0.471. The Morgan fingerprint density at radius 2 is 1.95 bits per heavy atom. The summed E-state index contributed by atoms with van der Waals surface area (Å²) in [5.41, 5.74) is 8.12. The molecule has 0 radical (unpaired) electrons. The second-order valence-corrected chi connectivity index (χ2v) is 5.88. The molecule has 6 heteroatoms. The predicted octanol–water partition coefficient (Wildman–Crippen LogP) is 1.38. The highest BCUT2D eigenvalue weighted by Crippen LogP contribution is 2.26. The van der Waals surface area contributed by atoms with E-state index in [1.54, 1.807) is 4.90 Å². The molecule has 2 heterocycles. The maximum absolute atomic E-state index is 12.4. The largest absolute Gasteiger partial charge is 0.392 e. The van der Waals surface area contributed by atoms with E-state index in [9.17, 15) is 4.79 Å². The number of amides is 1. The van der Waals surface area contributed by atoms with Gasteiger partial charge in [0.05, 0.1) is 0 Å². The molecule has 106 valence electrons. The van der Waals surface area contributed by atoms with E-state index in [-0.39, 0.29) is 11.6 Å². The van der Waals surface area contributed by atoms with E-state index in [2.05, 4.69) is 22.5 Å². The third kappa shape index (κ3) is 3.18. The number of carbonyl (C=O) groups is 1. The number of nitrogens with zero attached hydrogens (tertiary/aromatic N) is 2. The van der Waals surface area contributed by atoms with Crippen LogP contribution in [0.4, 0.5) is 0 Å². The number of allylic oxidation sites excluding steroid dienone is 3. The van der Waals surface area contributed by atoms with E-state index in [4.69, 9.17) is 5.73 Å². The van der Waals surface area contributed by atoms with Crippen LogP contribution in [0.5, 0.6) is 0 Å². The highest BCUT2D eigenvalue weighted by atomic mass is 79.9. The Labute approximate surface area is 129 Å². The zero-order valence-corrected chi connectivity index (χ0v) is 13.3. The van der Waals surface area contributed by atoms with Gasteiger partial charge in [-0.2, -0.15) is 0 Å². The molecule has 0 spiro atoms. The Morgan fingerprint density at radius 1 is 1.30 bits per heavy atom. The number of hydrogen-bond acceptors (Lipinski definition) is 3. The Hall–Kier alpha value is -1.43. The van der Waals surface area contributed by atoms with E-state index >= 15 is 0 Å². The molecule has 1 saturated heterocycles. The van der Waals surface area contributed by atoms with Gasteiger partial charge in [0.2, 0.25) is 0 Å². The van der Waals surface area contributed by atoms with Crippen LogP contribution in [0.25, 0.3) is 0 Å².